The summed E-state index contributed by atoms with van der Waals surface area (Å²) in [5.41, 5.74) is 1.19. The second-order valence-corrected chi connectivity index (χ2v) is 6.07. The van der Waals surface area contributed by atoms with Crippen LogP contribution in [0.1, 0.15) is 32.1 Å². The van der Waals surface area contributed by atoms with Crippen LogP contribution in [0.15, 0.2) is 16.9 Å². The molecule has 1 fully saturated rings. The summed E-state index contributed by atoms with van der Waals surface area (Å²) >= 11 is 6.03. The fourth-order valence-corrected chi connectivity index (χ4v) is 3.22. The molecule has 0 aromatic carbocycles. The lowest BCUT2D eigenvalue weighted by molar-refractivity contribution is 0.426. The lowest BCUT2D eigenvalue weighted by Crippen LogP contribution is -2.36. The summed E-state index contributed by atoms with van der Waals surface area (Å²) in [5, 5.41) is 0.418. The van der Waals surface area contributed by atoms with Gasteiger partial charge in [0, 0.05) is 20.1 Å². The number of hydrogen-bond acceptors (Lipinski definition) is 4. The molecule has 2 aromatic rings. The van der Waals surface area contributed by atoms with Crippen LogP contribution >= 0.6 is 11.6 Å². The van der Waals surface area contributed by atoms with Crippen LogP contribution in [0.25, 0.3) is 11.0 Å². The SMILES string of the molecule is CN(c1nc(=O)n(C)c2ccc(Cl)nc12)C1CCCCC1. The number of rotatable bonds is 2. The Kier molecular flexibility index (Phi) is 3.85. The molecule has 0 saturated heterocycles. The molecule has 2 aromatic heterocycles. The third kappa shape index (κ3) is 2.62. The van der Waals surface area contributed by atoms with E-state index >= 15 is 0 Å². The zero-order valence-corrected chi connectivity index (χ0v) is 13.1. The third-order valence-electron chi connectivity index (χ3n) is 4.36. The van der Waals surface area contributed by atoms with Gasteiger partial charge in [-0.05, 0) is 25.0 Å². The molecule has 1 aliphatic rings. The van der Waals surface area contributed by atoms with Crippen molar-refractivity contribution in [1.29, 1.82) is 0 Å². The number of hydrogen-bond donors (Lipinski definition) is 0. The van der Waals surface area contributed by atoms with E-state index in [0.29, 0.717) is 22.5 Å². The van der Waals surface area contributed by atoms with Crippen molar-refractivity contribution in [2.75, 3.05) is 11.9 Å². The topological polar surface area (TPSA) is 51.0 Å². The van der Waals surface area contributed by atoms with Crippen molar-refractivity contribution in [1.82, 2.24) is 14.5 Å². The largest absolute Gasteiger partial charge is 0.355 e. The van der Waals surface area contributed by atoms with Gasteiger partial charge in [-0.25, -0.2) is 9.78 Å². The van der Waals surface area contributed by atoms with Gasteiger partial charge in [-0.15, -0.1) is 0 Å². The fourth-order valence-electron chi connectivity index (χ4n) is 3.07. The van der Waals surface area contributed by atoms with Crippen LogP contribution in [0.4, 0.5) is 5.82 Å². The van der Waals surface area contributed by atoms with Gasteiger partial charge in [0.15, 0.2) is 5.82 Å². The van der Waals surface area contributed by atoms with Gasteiger partial charge in [0.2, 0.25) is 0 Å². The predicted molar refractivity (Wildman–Crippen MR) is 85.1 cm³/mol. The van der Waals surface area contributed by atoms with Crippen LogP contribution in [-0.2, 0) is 7.05 Å². The summed E-state index contributed by atoms with van der Waals surface area (Å²) in [4.78, 5) is 22.8. The zero-order valence-electron chi connectivity index (χ0n) is 12.3. The van der Waals surface area contributed by atoms with Gasteiger partial charge >= 0.3 is 5.69 Å². The van der Waals surface area contributed by atoms with Crippen molar-refractivity contribution in [2.45, 2.75) is 38.1 Å². The maximum Gasteiger partial charge on any atom is 0.349 e. The third-order valence-corrected chi connectivity index (χ3v) is 4.57. The molecule has 0 amide bonds. The number of aryl methyl sites for hydroxylation is 1. The molecule has 0 unspecified atom stereocenters. The molecule has 112 valence electrons. The maximum absolute atomic E-state index is 12.1. The number of anilines is 1. The summed E-state index contributed by atoms with van der Waals surface area (Å²) in [6.45, 7) is 0. The predicted octanol–water partition coefficient (Wildman–Crippen LogP) is 2.75. The maximum atomic E-state index is 12.1. The van der Waals surface area contributed by atoms with Crippen LogP contribution in [0, 0.1) is 0 Å². The monoisotopic (exact) mass is 306 g/mol. The molecule has 5 nitrogen and oxygen atoms in total. The highest BCUT2D eigenvalue weighted by atomic mass is 35.5. The van der Waals surface area contributed by atoms with E-state index in [1.165, 1.54) is 23.8 Å². The smallest absolute Gasteiger partial charge is 0.349 e. The molecule has 0 N–H and O–H groups in total. The molecule has 1 saturated carbocycles. The summed E-state index contributed by atoms with van der Waals surface area (Å²) in [6, 6.07) is 3.95. The molecule has 0 bridgehead atoms. The van der Waals surface area contributed by atoms with Crippen molar-refractivity contribution in [3.63, 3.8) is 0 Å². The van der Waals surface area contributed by atoms with E-state index in [1.807, 2.05) is 13.1 Å². The first-order valence-electron chi connectivity index (χ1n) is 7.34. The quantitative estimate of drug-likeness (QED) is 0.801. The highest BCUT2D eigenvalue weighted by Crippen LogP contribution is 2.28. The first-order valence-corrected chi connectivity index (χ1v) is 7.72. The minimum Gasteiger partial charge on any atom is -0.355 e. The summed E-state index contributed by atoms with van der Waals surface area (Å²) in [6.07, 6.45) is 6.02. The lowest BCUT2D eigenvalue weighted by Gasteiger charge is -2.32. The Morgan fingerprint density at radius 3 is 2.67 bits per heavy atom. The van der Waals surface area contributed by atoms with E-state index in [-0.39, 0.29) is 5.69 Å². The Labute approximate surface area is 128 Å². The Hall–Kier alpha value is -1.62. The van der Waals surface area contributed by atoms with Crippen molar-refractivity contribution >= 4 is 28.5 Å². The Morgan fingerprint density at radius 2 is 1.95 bits per heavy atom. The molecule has 3 rings (SSSR count). The number of nitrogens with zero attached hydrogens (tertiary/aromatic N) is 4. The molecule has 0 radical (unpaired) electrons. The van der Waals surface area contributed by atoms with Gasteiger partial charge in [0.05, 0.1) is 5.52 Å². The number of fused-ring (bicyclic) bond motifs is 1. The molecule has 6 heteroatoms. The van der Waals surface area contributed by atoms with Gasteiger partial charge in [-0.2, -0.15) is 4.98 Å². The van der Waals surface area contributed by atoms with Crippen molar-refractivity contribution < 1.29 is 0 Å². The molecule has 2 heterocycles. The van der Waals surface area contributed by atoms with Crippen LogP contribution in [-0.4, -0.2) is 27.6 Å². The van der Waals surface area contributed by atoms with Gasteiger partial charge in [-0.1, -0.05) is 30.9 Å². The average molecular weight is 307 g/mol. The second-order valence-electron chi connectivity index (χ2n) is 5.68. The minimum absolute atomic E-state index is 0.260. The van der Waals surface area contributed by atoms with Crippen LogP contribution in [0.2, 0.25) is 5.15 Å². The number of aromatic nitrogens is 3. The van der Waals surface area contributed by atoms with Gasteiger partial charge in [-0.3, -0.25) is 4.57 Å². The average Bonchev–Trinajstić information content (AvgIpc) is 2.51. The van der Waals surface area contributed by atoms with Gasteiger partial charge in [0.25, 0.3) is 0 Å². The van der Waals surface area contributed by atoms with Crippen molar-refractivity contribution in [2.24, 2.45) is 7.05 Å². The number of halogens is 1. The van der Waals surface area contributed by atoms with E-state index in [0.717, 1.165) is 18.4 Å². The number of pyridine rings is 1. The molecular formula is C15H19ClN4O. The Balaban J connectivity index is 2.14. The standard InChI is InChI=1S/C15H19ClN4O/c1-19(10-6-4-3-5-7-10)14-13-11(8-9-12(16)17-13)20(2)15(21)18-14/h8-10H,3-7H2,1-2H3. The highest BCUT2D eigenvalue weighted by Gasteiger charge is 2.22. The molecule has 0 spiro atoms. The highest BCUT2D eigenvalue weighted by molar-refractivity contribution is 6.29. The second kappa shape index (κ2) is 5.64. The summed E-state index contributed by atoms with van der Waals surface area (Å²) < 4.78 is 1.51. The van der Waals surface area contributed by atoms with Gasteiger partial charge in [0.1, 0.15) is 10.7 Å². The molecule has 1 aliphatic carbocycles. The van der Waals surface area contributed by atoms with Crippen LogP contribution < -0.4 is 10.6 Å². The lowest BCUT2D eigenvalue weighted by atomic mass is 9.94. The van der Waals surface area contributed by atoms with Crippen LogP contribution in [0.3, 0.4) is 0 Å². The summed E-state index contributed by atoms with van der Waals surface area (Å²) in [7, 11) is 3.71. The van der Waals surface area contributed by atoms with E-state index in [4.69, 9.17) is 11.6 Å². The Bertz CT molecular complexity index is 721. The zero-order chi connectivity index (χ0) is 15.0. The first kappa shape index (κ1) is 14.3. The van der Waals surface area contributed by atoms with Crippen molar-refractivity contribution in [3.8, 4) is 0 Å². The summed E-state index contributed by atoms with van der Waals surface area (Å²) in [5.74, 6) is 0.641. The van der Waals surface area contributed by atoms with Crippen LogP contribution in [0.5, 0.6) is 0 Å². The Morgan fingerprint density at radius 1 is 1.24 bits per heavy atom. The minimum atomic E-state index is -0.260. The van der Waals surface area contributed by atoms with E-state index in [2.05, 4.69) is 14.9 Å². The van der Waals surface area contributed by atoms with Crippen molar-refractivity contribution in [3.05, 3.63) is 27.8 Å². The molecule has 0 atom stereocenters. The van der Waals surface area contributed by atoms with E-state index in [9.17, 15) is 4.79 Å². The molecule has 0 aliphatic heterocycles. The van der Waals surface area contributed by atoms with E-state index < -0.39 is 0 Å². The fraction of sp³-hybridized carbons (Fsp3) is 0.533. The molecule has 21 heavy (non-hydrogen) atoms. The first-order chi connectivity index (χ1) is 10.1. The normalized spacial score (nSPS) is 16.3. The van der Waals surface area contributed by atoms with E-state index in [1.54, 1.807) is 13.1 Å². The molecular weight excluding hydrogens is 288 g/mol. The van der Waals surface area contributed by atoms with Gasteiger partial charge < -0.3 is 4.90 Å².